The number of hydrogen-bond donors (Lipinski definition) is 1. The first kappa shape index (κ1) is 30.1. The van der Waals surface area contributed by atoms with Crippen molar-refractivity contribution in [3.05, 3.63) is 59.9 Å². The molecule has 10 heteroatoms. The van der Waals surface area contributed by atoms with Crippen LogP contribution in [0.25, 0.3) is 0 Å². The molecular formula is C27H38FN3O5S. The van der Waals surface area contributed by atoms with E-state index in [4.69, 9.17) is 4.74 Å². The lowest BCUT2D eigenvalue weighted by molar-refractivity contribution is -0.141. The van der Waals surface area contributed by atoms with E-state index in [9.17, 15) is 22.4 Å². The number of carbonyl (C=O) groups is 2. The summed E-state index contributed by atoms with van der Waals surface area (Å²) in [4.78, 5) is 27.9. The SMILES string of the molecule is CC[C@@H](C(=O)NCC(C)C)N(Cc1ccc(F)cc1)C(=O)CCCN(c1ccc(OC)cc1)S(C)(=O)=O. The Bertz CT molecular complexity index is 1120. The number of benzene rings is 2. The minimum absolute atomic E-state index is 0.0390. The molecule has 0 spiro atoms. The van der Waals surface area contributed by atoms with Crippen molar-refractivity contribution in [2.45, 2.75) is 52.6 Å². The van der Waals surface area contributed by atoms with Gasteiger partial charge in [0.15, 0.2) is 0 Å². The monoisotopic (exact) mass is 535 g/mol. The van der Waals surface area contributed by atoms with Crippen LogP contribution >= 0.6 is 0 Å². The van der Waals surface area contributed by atoms with Crippen molar-refractivity contribution in [3.63, 3.8) is 0 Å². The second kappa shape index (κ2) is 14.0. The highest BCUT2D eigenvalue weighted by Crippen LogP contribution is 2.22. The number of sulfonamides is 1. The molecule has 1 atom stereocenters. The summed E-state index contributed by atoms with van der Waals surface area (Å²) in [6.45, 7) is 6.52. The van der Waals surface area contributed by atoms with E-state index in [0.29, 0.717) is 30.0 Å². The van der Waals surface area contributed by atoms with E-state index in [2.05, 4.69) is 5.32 Å². The fourth-order valence-corrected chi connectivity index (χ4v) is 4.85. The van der Waals surface area contributed by atoms with Crippen LogP contribution in [0.2, 0.25) is 0 Å². The van der Waals surface area contributed by atoms with Crippen LogP contribution in [-0.2, 0) is 26.2 Å². The first-order valence-electron chi connectivity index (χ1n) is 12.4. The van der Waals surface area contributed by atoms with Gasteiger partial charge in [-0.25, -0.2) is 12.8 Å². The van der Waals surface area contributed by atoms with Crippen molar-refractivity contribution in [1.82, 2.24) is 10.2 Å². The van der Waals surface area contributed by atoms with Crippen molar-refractivity contribution >= 4 is 27.5 Å². The average Bonchev–Trinajstić information content (AvgIpc) is 2.85. The van der Waals surface area contributed by atoms with E-state index >= 15 is 0 Å². The molecule has 8 nitrogen and oxygen atoms in total. The van der Waals surface area contributed by atoms with Crippen LogP contribution in [0.1, 0.15) is 45.6 Å². The van der Waals surface area contributed by atoms with E-state index in [0.717, 1.165) is 6.26 Å². The number of carbonyl (C=O) groups excluding carboxylic acids is 2. The summed E-state index contributed by atoms with van der Waals surface area (Å²) in [7, 11) is -2.06. The van der Waals surface area contributed by atoms with Gasteiger partial charge >= 0.3 is 0 Å². The standard InChI is InChI=1S/C27H38FN3O5S/c1-6-25(27(33)29-18-20(2)3)30(19-21-9-11-22(28)12-10-21)26(32)8-7-17-31(37(5,34)35)23-13-15-24(36-4)16-14-23/h9-16,20,25H,6-8,17-19H2,1-5H3,(H,29,33)/t25-/m0/s1. The molecule has 0 aliphatic carbocycles. The molecular weight excluding hydrogens is 497 g/mol. The zero-order valence-electron chi connectivity index (χ0n) is 22.2. The molecule has 0 saturated heterocycles. The van der Waals surface area contributed by atoms with Crippen molar-refractivity contribution in [2.24, 2.45) is 5.92 Å². The summed E-state index contributed by atoms with van der Waals surface area (Å²) < 4.78 is 44.7. The van der Waals surface area contributed by atoms with Crippen molar-refractivity contribution in [1.29, 1.82) is 0 Å². The fraction of sp³-hybridized carbons (Fsp3) is 0.481. The van der Waals surface area contributed by atoms with Gasteiger partial charge in [-0.2, -0.15) is 0 Å². The molecule has 0 heterocycles. The number of nitrogens with one attached hydrogen (secondary N) is 1. The van der Waals surface area contributed by atoms with Gasteiger partial charge in [0.05, 0.1) is 19.1 Å². The molecule has 0 saturated carbocycles. The Balaban J connectivity index is 2.19. The Morgan fingerprint density at radius 3 is 2.19 bits per heavy atom. The normalized spacial score (nSPS) is 12.2. The van der Waals surface area contributed by atoms with Crippen LogP contribution in [0.5, 0.6) is 5.75 Å². The van der Waals surface area contributed by atoms with Crippen molar-refractivity contribution < 1.29 is 27.1 Å². The van der Waals surface area contributed by atoms with E-state index in [1.165, 1.54) is 28.4 Å². The van der Waals surface area contributed by atoms with Gasteiger partial charge in [-0.05, 0) is 60.7 Å². The number of nitrogens with zero attached hydrogens (tertiary/aromatic N) is 2. The summed E-state index contributed by atoms with van der Waals surface area (Å²) in [6.07, 6.45) is 1.81. The topological polar surface area (TPSA) is 96.0 Å². The van der Waals surface area contributed by atoms with Gasteiger partial charge in [0.2, 0.25) is 21.8 Å². The second-order valence-electron chi connectivity index (χ2n) is 9.35. The third-order valence-electron chi connectivity index (χ3n) is 5.85. The molecule has 0 aromatic heterocycles. The summed E-state index contributed by atoms with van der Waals surface area (Å²) in [5.41, 5.74) is 1.17. The van der Waals surface area contributed by atoms with Crippen molar-refractivity contribution in [3.8, 4) is 5.75 Å². The minimum atomic E-state index is -3.59. The van der Waals surface area contributed by atoms with Crippen LogP contribution in [-0.4, -0.2) is 57.6 Å². The van der Waals surface area contributed by atoms with Crippen LogP contribution in [0.3, 0.4) is 0 Å². The van der Waals surface area contributed by atoms with E-state index in [1.54, 1.807) is 36.4 Å². The van der Waals surface area contributed by atoms with Crippen LogP contribution in [0, 0.1) is 11.7 Å². The molecule has 0 radical (unpaired) electrons. The summed E-state index contributed by atoms with van der Waals surface area (Å²) >= 11 is 0. The number of methoxy groups -OCH3 is 1. The molecule has 2 aromatic rings. The van der Waals surface area contributed by atoms with Gasteiger partial charge < -0.3 is 15.0 Å². The van der Waals surface area contributed by atoms with Crippen molar-refractivity contribution in [2.75, 3.05) is 30.8 Å². The number of rotatable bonds is 14. The maximum Gasteiger partial charge on any atom is 0.242 e. The number of ether oxygens (including phenoxy) is 1. The number of halogens is 1. The molecule has 0 aliphatic rings. The van der Waals surface area contributed by atoms with Gasteiger partial charge in [0, 0.05) is 26.1 Å². The van der Waals surface area contributed by atoms with Gasteiger partial charge in [-0.1, -0.05) is 32.9 Å². The van der Waals surface area contributed by atoms with Gasteiger partial charge in [-0.3, -0.25) is 13.9 Å². The lowest BCUT2D eigenvalue weighted by Gasteiger charge is -2.31. The molecule has 0 bridgehead atoms. The minimum Gasteiger partial charge on any atom is -0.497 e. The highest BCUT2D eigenvalue weighted by Gasteiger charge is 2.29. The molecule has 0 aliphatic heterocycles. The predicted octanol–water partition coefficient (Wildman–Crippen LogP) is 3.96. The maximum atomic E-state index is 13.4. The quantitative estimate of drug-likeness (QED) is 0.395. The predicted molar refractivity (Wildman–Crippen MR) is 143 cm³/mol. The van der Waals surface area contributed by atoms with Crippen LogP contribution < -0.4 is 14.4 Å². The van der Waals surface area contributed by atoms with Gasteiger partial charge in [-0.15, -0.1) is 0 Å². The number of amides is 2. The maximum absolute atomic E-state index is 13.4. The van der Waals surface area contributed by atoms with E-state index in [-0.39, 0.29) is 49.5 Å². The highest BCUT2D eigenvalue weighted by atomic mass is 32.2. The Kier molecular flexibility index (Phi) is 11.4. The number of anilines is 1. The van der Waals surface area contributed by atoms with Gasteiger partial charge in [0.25, 0.3) is 0 Å². The smallest absolute Gasteiger partial charge is 0.242 e. The number of hydrogen-bond acceptors (Lipinski definition) is 5. The molecule has 0 unspecified atom stereocenters. The summed E-state index contributed by atoms with van der Waals surface area (Å²) in [6, 6.07) is 11.7. The highest BCUT2D eigenvalue weighted by molar-refractivity contribution is 7.92. The zero-order chi connectivity index (χ0) is 27.6. The molecule has 37 heavy (non-hydrogen) atoms. The Hall–Kier alpha value is -3.14. The molecule has 1 N–H and O–H groups in total. The molecule has 204 valence electrons. The largest absolute Gasteiger partial charge is 0.497 e. The third-order valence-corrected chi connectivity index (χ3v) is 7.04. The first-order valence-corrected chi connectivity index (χ1v) is 14.2. The Morgan fingerprint density at radius 2 is 1.68 bits per heavy atom. The molecule has 0 fully saturated rings. The molecule has 2 aromatic carbocycles. The van der Waals surface area contributed by atoms with Crippen LogP contribution in [0.4, 0.5) is 10.1 Å². The van der Waals surface area contributed by atoms with Gasteiger partial charge in [0.1, 0.15) is 17.6 Å². The fourth-order valence-electron chi connectivity index (χ4n) is 3.88. The average molecular weight is 536 g/mol. The van der Waals surface area contributed by atoms with E-state index < -0.39 is 16.1 Å². The zero-order valence-corrected chi connectivity index (χ0v) is 23.1. The lowest BCUT2D eigenvalue weighted by atomic mass is 10.1. The summed E-state index contributed by atoms with van der Waals surface area (Å²) in [5.74, 6) is -0.0581. The van der Waals surface area contributed by atoms with E-state index in [1.807, 2.05) is 20.8 Å². The third kappa shape index (κ3) is 9.35. The molecule has 2 amide bonds. The van der Waals surface area contributed by atoms with Crippen LogP contribution in [0.15, 0.2) is 48.5 Å². The Morgan fingerprint density at radius 1 is 1.05 bits per heavy atom. The second-order valence-corrected chi connectivity index (χ2v) is 11.3. The molecule has 2 rings (SSSR count). The summed E-state index contributed by atoms with van der Waals surface area (Å²) in [5, 5.41) is 2.90. The Labute approximate surface area is 219 Å². The lowest BCUT2D eigenvalue weighted by Crippen LogP contribution is -2.49. The first-order chi connectivity index (χ1) is 17.5.